The van der Waals surface area contributed by atoms with Gasteiger partial charge in [-0.25, -0.2) is 0 Å². The molecule has 4 heterocycles. The highest BCUT2D eigenvalue weighted by Gasteiger charge is 2.37. The molecule has 0 saturated carbocycles. The number of amides is 1. The standard InChI is InChI=1S/C32H43N5O3/c1-25(2)31-35-34-29(40-31)13-14-30(38)37-19-16-32(17-20-37)15-7-5-10-26-9-3-4-12-28(26)39-22-21-36(24-32)23-27-11-6-8-18-33-27/h3-4,6,8-9,11-12,18,25H,5,7,10,13-17,19-24H2,1-2H3. The molecule has 0 atom stereocenters. The van der Waals surface area contributed by atoms with Gasteiger partial charge in [-0.05, 0) is 61.3 Å². The Hall–Kier alpha value is -3.26. The van der Waals surface area contributed by atoms with Crippen molar-refractivity contribution in [1.29, 1.82) is 0 Å². The number of aromatic nitrogens is 3. The average Bonchev–Trinajstić information content (AvgIpc) is 3.45. The quantitative estimate of drug-likeness (QED) is 0.408. The number of piperidine rings is 1. The van der Waals surface area contributed by atoms with Crippen molar-refractivity contribution >= 4 is 5.91 Å². The van der Waals surface area contributed by atoms with E-state index in [4.69, 9.17) is 9.15 Å². The maximum atomic E-state index is 13.1. The number of hydrogen-bond acceptors (Lipinski definition) is 7. The van der Waals surface area contributed by atoms with Crippen LogP contribution in [0.4, 0.5) is 0 Å². The molecule has 1 fully saturated rings. The van der Waals surface area contributed by atoms with Crippen LogP contribution in [0.3, 0.4) is 0 Å². The topological polar surface area (TPSA) is 84.6 Å². The fourth-order valence-corrected chi connectivity index (χ4v) is 6.05. The Morgan fingerprint density at radius 2 is 1.82 bits per heavy atom. The van der Waals surface area contributed by atoms with Gasteiger partial charge >= 0.3 is 0 Å². The lowest BCUT2D eigenvalue weighted by Gasteiger charge is -2.45. The normalized spacial score (nSPS) is 18.5. The largest absolute Gasteiger partial charge is 0.492 e. The predicted molar refractivity (Wildman–Crippen MR) is 154 cm³/mol. The van der Waals surface area contributed by atoms with E-state index in [9.17, 15) is 4.79 Å². The molecule has 0 radical (unpaired) electrons. The number of fused-ring (bicyclic) bond motifs is 1. The molecule has 5 rings (SSSR count). The summed E-state index contributed by atoms with van der Waals surface area (Å²) in [6.07, 6.45) is 9.37. The van der Waals surface area contributed by atoms with Gasteiger partial charge < -0.3 is 14.1 Å². The van der Waals surface area contributed by atoms with Gasteiger partial charge in [0, 0.05) is 57.7 Å². The first-order valence-electron chi connectivity index (χ1n) is 14.9. The minimum Gasteiger partial charge on any atom is -0.492 e. The molecule has 2 aromatic heterocycles. The third-order valence-corrected chi connectivity index (χ3v) is 8.42. The van der Waals surface area contributed by atoms with Gasteiger partial charge in [-0.3, -0.25) is 14.7 Å². The van der Waals surface area contributed by atoms with Gasteiger partial charge in [0.05, 0.1) is 5.69 Å². The summed E-state index contributed by atoms with van der Waals surface area (Å²) in [6, 6.07) is 14.6. The molecule has 1 amide bonds. The summed E-state index contributed by atoms with van der Waals surface area (Å²) in [5.74, 6) is 2.58. The lowest BCUT2D eigenvalue weighted by molar-refractivity contribution is -0.134. The van der Waals surface area contributed by atoms with Gasteiger partial charge in [0.15, 0.2) is 0 Å². The molecule has 0 aliphatic carbocycles. The van der Waals surface area contributed by atoms with Crippen molar-refractivity contribution in [2.45, 2.75) is 77.7 Å². The number of rotatable bonds is 6. The smallest absolute Gasteiger partial charge is 0.223 e. The number of pyridine rings is 1. The molecule has 1 aromatic carbocycles. The fraction of sp³-hybridized carbons (Fsp3) is 0.562. The number of aryl methyl sites for hydroxylation is 2. The second kappa shape index (κ2) is 13.4. The minimum atomic E-state index is 0.183. The number of nitrogens with zero attached hydrogens (tertiary/aromatic N) is 5. The van der Waals surface area contributed by atoms with Crippen molar-refractivity contribution in [2.24, 2.45) is 5.41 Å². The van der Waals surface area contributed by atoms with Crippen molar-refractivity contribution in [1.82, 2.24) is 25.0 Å². The third-order valence-electron chi connectivity index (χ3n) is 8.42. The molecule has 40 heavy (non-hydrogen) atoms. The number of likely N-dealkylation sites (tertiary alicyclic amines) is 1. The zero-order valence-corrected chi connectivity index (χ0v) is 24.1. The van der Waals surface area contributed by atoms with Crippen LogP contribution in [0.25, 0.3) is 0 Å². The molecule has 2 aliphatic heterocycles. The van der Waals surface area contributed by atoms with Crippen molar-refractivity contribution in [3.8, 4) is 5.75 Å². The van der Waals surface area contributed by atoms with Crippen LogP contribution in [-0.2, 0) is 24.2 Å². The van der Waals surface area contributed by atoms with Crippen molar-refractivity contribution in [3.63, 3.8) is 0 Å². The highest BCUT2D eigenvalue weighted by atomic mass is 16.5. The lowest BCUT2D eigenvalue weighted by Crippen LogP contribution is -2.48. The maximum absolute atomic E-state index is 13.1. The molecule has 0 unspecified atom stereocenters. The van der Waals surface area contributed by atoms with Crippen molar-refractivity contribution < 1.29 is 13.9 Å². The Balaban J connectivity index is 1.24. The number of ether oxygens (including phenoxy) is 1. The second-order valence-electron chi connectivity index (χ2n) is 11.8. The highest BCUT2D eigenvalue weighted by Crippen LogP contribution is 2.39. The summed E-state index contributed by atoms with van der Waals surface area (Å²) in [5.41, 5.74) is 2.57. The van der Waals surface area contributed by atoms with Crippen LogP contribution in [0, 0.1) is 5.41 Å². The predicted octanol–water partition coefficient (Wildman–Crippen LogP) is 5.44. The molecule has 3 aromatic rings. The van der Waals surface area contributed by atoms with Gasteiger partial charge in [-0.15, -0.1) is 10.2 Å². The maximum Gasteiger partial charge on any atom is 0.223 e. The van der Waals surface area contributed by atoms with E-state index in [1.165, 1.54) is 18.4 Å². The molecule has 8 nitrogen and oxygen atoms in total. The third kappa shape index (κ3) is 7.47. The molecular formula is C32H43N5O3. The summed E-state index contributed by atoms with van der Waals surface area (Å²) in [4.78, 5) is 22.3. The summed E-state index contributed by atoms with van der Waals surface area (Å²) in [6.45, 7) is 8.95. The summed E-state index contributed by atoms with van der Waals surface area (Å²) < 4.78 is 12.0. The van der Waals surface area contributed by atoms with Crippen LogP contribution in [0.5, 0.6) is 5.75 Å². The van der Waals surface area contributed by atoms with Crippen LogP contribution < -0.4 is 4.74 Å². The number of para-hydroxylation sites is 1. The second-order valence-corrected chi connectivity index (χ2v) is 11.8. The summed E-state index contributed by atoms with van der Waals surface area (Å²) >= 11 is 0. The van der Waals surface area contributed by atoms with Gasteiger partial charge in [-0.1, -0.05) is 44.5 Å². The number of benzene rings is 1. The van der Waals surface area contributed by atoms with E-state index in [1.54, 1.807) is 0 Å². The van der Waals surface area contributed by atoms with Crippen molar-refractivity contribution in [3.05, 3.63) is 71.7 Å². The number of hydrogen-bond donors (Lipinski definition) is 0. The molecule has 8 heteroatoms. The van der Waals surface area contributed by atoms with E-state index in [2.05, 4.69) is 56.5 Å². The van der Waals surface area contributed by atoms with Gasteiger partial charge in [0.2, 0.25) is 17.7 Å². The first-order chi connectivity index (χ1) is 19.5. The summed E-state index contributed by atoms with van der Waals surface area (Å²) in [7, 11) is 0. The van der Waals surface area contributed by atoms with E-state index < -0.39 is 0 Å². The average molecular weight is 546 g/mol. The molecule has 0 bridgehead atoms. The van der Waals surface area contributed by atoms with Gasteiger partial charge in [-0.2, -0.15) is 0 Å². The Morgan fingerprint density at radius 3 is 2.60 bits per heavy atom. The van der Waals surface area contributed by atoms with Crippen LogP contribution in [0.2, 0.25) is 0 Å². The van der Waals surface area contributed by atoms with E-state index in [-0.39, 0.29) is 17.2 Å². The summed E-state index contributed by atoms with van der Waals surface area (Å²) in [5, 5.41) is 8.22. The lowest BCUT2D eigenvalue weighted by atomic mass is 9.73. The Kier molecular flexibility index (Phi) is 9.47. The van der Waals surface area contributed by atoms with Gasteiger partial charge in [0.25, 0.3) is 0 Å². The zero-order chi connectivity index (χ0) is 27.8. The first kappa shape index (κ1) is 28.3. The van der Waals surface area contributed by atoms with E-state index in [0.717, 1.165) is 69.9 Å². The monoisotopic (exact) mass is 545 g/mol. The molecule has 2 aliphatic rings. The van der Waals surface area contributed by atoms with E-state index in [0.29, 0.717) is 31.2 Å². The number of carbonyl (C=O) groups is 1. The van der Waals surface area contributed by atoms with Crippen molar-refractivity contribution in [2.75, 3.05) is 32.8 Å². The first-order valence-corrected chi connectivity index (χ1v) is 14.9. The SMILES string of the molecule is CC(C)c1nnc(CCC(=O)N2CCC3(CCCCc4ccccc4OCCN(Cc4ccccn4)C3)CC2)o1. The van der Waals surface area contributed by atoms with E-state index in [1.807, 2.05) is 31.0 Å². The molecule has 1 spiro atoms. The Bertz CT molecular complexity index is 1220. The fourth-order valence-electron chi connectivity index (χ4n) is 6.05. The molecular weight excluding hydrogens is 502 g/mol. The van der Waals surface area contributed by atoms with Crippen LogP contribution in [-0.4, -0.2) is 63.7 Å². The zero-order valence-electron chi connectivity index (χ0n) is 24.1. The highest BCUT2D eigenvalue weighted by molar-refractivity contribution is 5.76. The minimum absolute atomic E-state index is 0.183. The van der Waals surface area contributed by atoms with Gasteiger partial charge in [0.1, 0.15) is 12.4 Å². The molecule has 214 valence electrons. The Labute approximate surface area is 238 Å². The number of carbonyl (C=O) groups excluding carboxylic acids is 1. The molecule has 0 N–H and O–H groups in total. The van der Waals surface area contributed by atoms with Crippen LogP contribution in [0.1, 0.15) is 81.3 Å². The van der Waals surface area contributed by atoms with Crippen LogP contribution >= 0.6 is 0 Å². The Morgan fingerprint density at radius 1 is 1.00 bits per heavy atom. The van der Waals surface area contributed by atoms with Crippen LogP contribution in [0.15, 0.2) is 53.1 Å². The van der Waals surface area contributed by atoms with E-state index >= 15 is 0 Å². The molecule has 1 saturated heterocycles.